The maximum Gasteiger partial charge on any atom is 0.265 e. The minimum Gasteiger partial charge on any atom is -0.493 e. The quantitative estimate of drug-likeness (QED) is 0.403. The first-order chi connectivity index (χ1) is 20.8. The number of benzene rings is 2. The number of hydrogen-bond donors (Lipinski definition) is 2. The number of thiazole rings is 1. The maximum absolute atomic E-state index is 13.5. The standard InChI is InChI=1S/C31H39N5O6S/c1-20-29(43-31(32)33-20)30(38)36-12-10-25-24(17-36)34-28(37)18-35(11-5-13-39-2)16-21-8-9-26(40-3)27(15-21)42-23-7-4-6-22(14-23)19-41-25/h4,6-9,14-15,24-25H,5,10-13,16-19H2,1-3H3,(H2,32,33)(H,34,37)/t24-,25+/m0/s1. The van der Waals surface area contributed by atoms with Crippen LogP contribution in [-0.2, 0) is 27.4 Å². The number of aryl methyl sites for hydroxylation is 1. The minimum atomic E-state index is -0.392. The van der Waals surface area contributed by atoms with Gasteiger partial charge in [-0.05, 0) is 55.2 Å². The van der Waals surface area contributed by atoms with Gasteiger partial charge in [0, 0.05) is 39.9 Å². The molecule has 12 heteroatoms. The van der Waals surface area contributed by atoms with Crippen molar-refractivity contribution < 1.29 is 28.5 Å². The number of carbonyl (C=O) groups is 2. The highest BCUT2D eigenvalue weighted by Gasteiger charge is 2.35. The van der Waals surface area contributed by atoms with E-state index < -0.39 is 6.04 Å². The predicted octanol–water partition coefficient (Wildman–Crippen LogP) is 3.60. The summed E-state index contributed by atoms with van der Waals surface area (Å²) in [4.78, 5) is 35.5. The fraction of sp³-hybridized carbons (Fsp3) is 0.452. The maximum atomic E-state index is 13.5. The molecule has 2 atom stereocenters. The molecule has 2 aliphatic rings. The predicted molar refractivity (Wildman–Crippen MR) is 164 cm³/mol. The van der Waals surface area contributed by atoms with E-state index in [1.165, 1.54) is 11.3 Å². The number of amides is 2. The lowest BCUT2D eigenvalue weighted by atomic mass is 10.0. The zero-order chi connectivity index (χ0) is 30.3. The van der Waals surface area contributed by atoms with Crippen molar-refractivity contribution in [2.24, 2.45) is 0 Å². The number of hydrogen-bond acceptors (Lipinski definition) is 10. The van der Waals surface area contributed by atoms with E-state index in [9.17, 15) is 9.59 Å². The number of fused-ring (bicyclic) bond motifs is 5. The summed E-state index contributed by atoms with van der Waals surface area (Å²) in [5.41, 5.74) is 8.40. The fourth-order valence-electron chi connectivity index (χ4n) is 5.50. The summed E-state index contributed by atoms with van der Waals surface area (Å²) in [6, 6.07) is 13.2. The van der Waals surface area contributed by atoms with Gasteiger partial charge in [-0.15, -0.1) is 0 Å². The molecule has 43 heavy (non-hydrogen) atoms. The van der Waals surface area contributed by atoms with Gasteiger partial charge in [0.15, 0.2) is 16.6 Å². The number of likely N-dealkylation sites (tertiary alicyclic amines) is 1. The molecule has 11 nitrogen and oxygen atoms in total. The highest BCUT2D eigenvalue weighted by molar-refractivity contribution is 7.17. The molecule has 230 valence electrons. The molecule has 2 aliphatic heterocycles. The monoisotopic (exact) mass is 609 g/mol. The highest BCUT2D eigenvalue weighted by atomic mass is 32.1. The van der Waals surface area contributed by atoms with Crippen molar-refractivity contribution in [3.63, 3.8) is 0 Å². The molecular weight excluding hydrogens is 570 g/mol. The molecular formula is C31H39N5O6S. The molecule has 0 saturated carbocycles. The largest absolute Gasteiger partial charge is 0.493 e. The smallest absolute Gasteiger partial charge is 0.265 e. The Morgan fingerprint density at radius 2 is 2.05 bits per heavy atom. The number of nitrogens with two attached hydrogens (primary N) is 1. The summed E-state index contributed by atoms with van der Waals surface area (Å²) in [6.45, 7) is 4.87. The first-order valence-corrected chi connectivity index (χ1v) is 15.2. The molecule has 2 aromatic carbocycles. The number of piperidine rings is 1. The third-order valence-electron chi connectivity index (χ3n) is 7.60. The minimum absolute atomic E-state index is 0.132. The lowest BCUT2D eigenvalue weighted by Crippen LogP contribution is -2.58. The normalized spacial score (nSPS) is 19.7. The van der Waals surface area contributed by atoms with Crippen LogP contribution in [0.5, 0.6) is 17.2 Å². The van der Waals surface area contributed by atoms with Crippen LogP contribution in [0.25, 0.3) is 0 Å². The third-order valence-corrected chi connectivity index (χ3v) is 8.58. The Labute approximate surface area is 255 Å². The SMILES string of the molecule is COCCCN1CC(=O)N[C@H]2CN(C(=O)c3sc(N)nc3C)CC[C@H]2OCc2cccc(c2)Oc2cc(ccc2OC)C1. The van der Waals surface area contributed by atoms with E-state index in [1.807, 2.05) is 42.5 Å². The molecule has 3 N–H and O–H groups in total. The van der Waals surface area contributed by atoms with Gasteiger partial charge in [0.05, 0.1) is 38.1 Å². The zero-order valence-electron chi connectivity index (χ0n) is 24.8. The molecule has 5 rings (SSSR count). The van der Waals surface area contributed by atoms with E-state index in [2.05, 4.69) is 15.2 Å². The molecule has 3 aromatic rings. The van der Waals surface area contributed by atoms with Crippen LogP contribution in [0, 0.1) is 6.92 Å². The Morgan fingerprint density at radius 3 is 2.81 bits per heavy atom. The Kier molecular flexibility index (Phi) is 10.1. The number of aromatic nitrogens is 1. The summed E-state index contributed by atoms with van der Waals surface area (Å²) < 4.78 is 23.5. The second kappa shape index (κ2) is 14.2. The highest BCUT2D eigenvalue weighted by Crippen LogP contribution is 2.33. The second-order valence-electron chi connectivity index (χ2n) is 10.8. The van der Waals surface area contributed by atoms with Crippen LogP contribution in [0.4, 0.5) is 5.13 Å². The first kappa shape index (κ1) is 30.7. The van der Waals surface area contributed by atoms with Gasteiger partial charge in [-0.1, -0.05) is 29.5 Å². The van der Waals surface area contributed by atoms with Crippen molar-refractivity contribution in [2.75, 3.05) is 52.7 Å². The van der Waals surface area contributed by atoms with Crippen LogP contribution < -0.4 is 20.5 Å². The third kappa shape index (κ3) is 7.82. The number of methoxy groups -OCH3 is 2. The fourth-order valence-corrected chi connectivity index (χ4v) is 6.30. The molecule has 0 radical (unpaired) electrons. The van der Waals surface area contributed by atoms with Crippen molar-refractivity contribution in [3.8, 4) is 17.2 Å². The summed E-state index contributed by atoms with van der Waals surface area (Å²) in [7, 11) is 3.28. The van der Waals surface area contributed by atoms with Gasteiger partial charge >= 0.3 is 0 Å². The van der Waals surface area contributed by atoms with Crippen molar-refractivity contribution >= 4 is 28.3 Å². The molecule has 1 aromatic heterocycles. The number of nitrogens with one attached hydrogen (secondary N) is 1. The number of rotatable bonds is 6. The average Bonchev–Trinajstić information content (AvgIpc) is 3.33. The molecule has 1 saturated heterocycles. The number of nitrogen functional groups attached to an aromatic ring is 1. The lowest BCUT2D eigenvalue weighted by Gasteiger charge is -2.39. The van der Waals surface area contributed by atoms with Gasteiger partial charge < -0.3 is 34.9 Å². The van der Waals surface area contributed by atoms with Gasteiger partial charge in [-0.25, -0.2) is 4.98 Å². The van der Waals surface area contributed by atoms with Crippen molar-refractivity contribution in [1.29, 1.82) is 0 Å². The van der Waals surface area contributed by atoms with Crippen molar-refractivity contribution in [1.82, 2.24) is 20.1 Å². The van der Waals surface area contributed by atoms with Gasteiger partial charge in [0.2, 0.25) is 5.91 Å². The Bertz CT molecular complexity index is 1430. The van der Waals surface area contributed by atoms with E-state index in [0.29, 0.717) is 78.8 Å². The van der Waals surface area contributed by atoms with E-state index in [1.54, 1.807) is 26.0 Å². The molecule has 0 unspecified atom stereocenters. The molecule has 2 amide bonds. The number of nitrogens with zero attached hydrogens (tertiary/aromatic N) is 3. The first-order valence-electron chi connectivity index (χ1n) is 14.4. The van der Waals surface area contributed by atoms with Gasteiger partial charge in [0.25, 0.3) is 5.91 Å². The molecule has 4 bridgehead atoms. The van der Waals surface area contributed by atoms with Crippen LogP contribution in [0.15, 0.2) is 42.5 Å². The van der Waals surface area contributed by atoms with Gasteiger partial charge in [-0.2, -0.15) is 0 Å². The van der Waals surface area contributed by atoms with Crippen LogP contribution >= 0.6 is 11.3 Å². The van der Waals surface area contributed by atoms with Crippen molar-refractivity contribution in [3.05, 3.63) is 64.2 Å². The topological polar surface area (TPSA) is 128 Å². The van der Waals surface area contributed by atoms with E-state index in [0.717, 1.165) is 17.5 Å². The van der Waals surface area contributed by atoms with E-state index >= 15 is 0 Å². The average molecular weight is 610 g/mol. The zero-order valence-corrected chi connectivity index (χ0v) is 25.7. The van der Waals surface area contributed by atoms with Gasteiger partial charge in [-0.3, -0.25) is 14.5 Å². The molecule has 0 aliphatic carbocycles. The Hall–Kier alpha value is -3.71. The van der Waals surface area contributed by atoms with E-state index in [-0.39, 0.29) is 24.5 Å². The summed E-state index contributed by atoms with van der Waals surface area (Å²) >= 11 is 1.19. The van der Waals surface area contributed by atoms with Crippen LogP contribution in [0.1, 0.15) is 39.3 Å². The lowest BCUT2D eigenvalue weighted by molar-refractivity contribution is -0.125. The van der Waals surface area contributed by atoms with Crippen LogP contribution in [-0.4, -0.2) is 85.7 Å². The summed E-state index contributed by atoms with van der Waals surface area (Å²) in [6.07, 6.45) is 1.05. The van der Waals surface area contributed by atoms with Gasteiger partial charge in [0.1, 0.15) is 10.6 Å². The molecule has 0 spiro atoms. The van der Waals surface area contributed by atoms with E-state index in [4.69, 9.17) is 24.7 Å². The van der Waals surface area contributed by atoms with Crippen LogP contribution in [0.3, 0.4) is 0 Å². The summed E-state index contributed by atoms with van der Waals surface area (Å²) in [5.74, 6) is 1.62. The Morgan fingerprint density at radius 1 is 1.19 bits per heavy atom. The summed E-state index contributed by atoms with van der Waals surface area (Å²) in [5, 5.41) is 3.56. The number of anilines is 1. The number of ether oxygens (including phenoxy) is 4. The Balaban J connectivity index is 1.42. The molecule has 3 heterocycles. The number of carbonyl (C=O) groups excluding carboxylic acids is 2. The van der Waals surface area contributed by atoms with Crippen molar-refractivity contribution in [2.45, 2.75) is 45.1 Å². The molecule has 1 fully saturated rings. The van der Waals surface area contributed by atoms with Crippen LogP contribution in [0.2, 0.25) is 0 Å². The second-order valence-corrected chi connectivity index (χ2v) is 11.9.